The molecule has 0 radical (unpaired) electrons. The Hall–Kier alpha value is -2.77. The van der Waals surface area contributed by atoms with Gasteiger partial charge in [0.25, 0.3) is 11.6 Å². The summed E-state index contributed by atoms with van der Waals surface area (Å²) < 4.78 is 13.2. The average Bonchev–Trinajstić information content (AvgIpc) is 3.14. The Morgan fingerprint density at radius 1 is 1.19 bits per heavy atom. The minimum Gasteiger partial charge on any atom is -0.340 e. The molecule has 0 fully saturated rings. The Balaban J connectivity index is 1.96. The predicted octanol–water partition coefficient (Wildman–Crippen LogP) is 4.97. The Labute approximate surface area is 157 Å². The normalized spacial score (nSPS) is 11.8. The highest BCUT2D eigenvalue weighted by Gasteiger charge is 2.24. The molecule has 3 aromatic rings. The van der Waals surface area contributed by atoms with Crippen LogP contribution in [0.3, 0.4) is 0 Å². The fraction of sp³-hybridized carbons (Fsp3) is 0.0556. The van der Waals surface area contributed by atoms with Crippen LogP contribution < -0.4 is 5.32 Å². The third-order valence-electron chi connectivity index (χ3n) is 3.71. The first kappa shape index (κ1) is 18.0. The number of rotatable bonds is 5. The lowest BCUT2D eigenvalue weighted by atomic mass is 10.0. The van der Waals surface area contributed by atoms with Gasteiger partial charge in [0.05, 0.1) is 11.0 Å². The van der Waals surface area contributed by atoms with Gasteiger partial charge in [-0.2, -0.15) is 0 Å². The second-order valence-corrected chi connectivity index (χ2v) is 6.81. The minimum absolute atomic E-state index is 0.0944. The molecule has 1 N–H and O–H groups in total. The molecule has 1 atom stereocenters. The highest BCUT2D eigenvalue weighted by atomic mass is 35.5. The molecule has 0 bridgehead atoms. The van der Waals surface area contributed by atoms with Gasteiger partial charge in [-0.15, -0.1) is 11.3 Å². The van der Waals surface area contributed by atoms with E-state index in [4.69, 9.17) is 11.6 Å². The Morgan fingerprint density at radius 2 is 1.92 bits per heavy atom. The van der Waals surface area contributed by atoms with Gasteiger partial charge in [0, 0.05) is 16.0 Å². The molecule has 2 aromatic carbocycles. The molecule has 132 valence electrons. The van der Waals surface area contributed by atoms with Crippen LogP contribution in [0, 0.1) is 15.9 Å². The van der Waals surface area contributed by atoms with Gasteiger partial charge in [-0.05, 0) is 41.3 Å². The number of nitrogens with zero attached hydrogens (tertiary/aromatic N) is 1. The van der Waals surface area contributed by atoms with Crippen molar-refractivity contribution in [2.45, 2.75) is 6.04 Å². The standard InChI is InChI=1S/C18H12ClFN2O3S/c19-12-5-8-14(15(10-12)22(24)25)18(23)21-17(16-2-1-9-26-16)11-3-6-13(20)7-4-11/h1-10,17H,(H,21,23). The Kier molecular flexibility index (Phi) is 5.29. The van der Waals surface area contributed by atoms with Crippen molar-refractivity contribution in [2.75, 3.05) is 0 Å². The maximum absolute atomic E-state index is 13.2. The molecule has 1 amide bonds. The van der Waals surface area contributed by atoms with Gasteiger partial charge >= 0.3 is 0 Å². The summed E-state index contributed by atoms with van der Waals surface area (Å²) >= 11 is 7.21. The van der Waals surface area contributed by atoms with Crippen LogP contribution in [0.4, 0.5) is 10.1 Å². The van der Waals surface area contributed by atoms with Crippen molar-refractivity contribution in [3.05, 3.63) is 96.9 Å². The van der Waals surface area contributed by atoms with Gasteiger partial charge in [-0.1, -0.05) is 29.8 Å². The van der Waals surface area contributed by atoms with Crippen LogP contribution in [0.1, 0.15) is 26.8 Å². The Bertz CT molecular complexity index is 946. The van der Waals surface area contributed by atoms with E-state index in [0.29, 0.717) is 5.56 Å². The first-order valence-corrected chi connectivity index (χ1v) is 8.75. The van der Waals surface area contributed by atoms with E-state index in [0.717, 1.165) is 10.9 Å². The molecular formula is C18H12ClFN2O3S. The molecule has 5 nitrogen and oxygen atoms in total. The number of nitrogens with one attached hydrogen (secondary N) is 1. The topological polar surface area (TPSA) is 72.2 Å². The van der Waals surface area contributed by atoms with E-state index in [2.05, 4.69) is 5.32 Å². The SMILES string of the molecule is O=C(NC(c1ccc(F)cc1)c1cccs1)c1ccc(Cl)cc1[N+](=O)[O-]. The van der Waals surface area contributed by atoms with E-state index in [1.54, 1.807) is 12.1 Å². The number of hydrogen-bond acceptors (Lipinski definition) is 4. The van der Waals surface area contributed by atoms with Crippen molar-refractivity contribution in [1.82, 2.24) is 5.32 Å². The van der Waals surface area contributed by atoms with E-state index < -0.39 is 22.7 Å². The van der Waals surface area contributed by atoms with Gasteiger partial charge in [-0.25, -0.2) is 4.39 Å². The molecule has 26 heavy (non-hydrogen) atoms. The van der Waals surface area contributed by atoms with E-state index in [1.165, 1.54) is 35.6 Å². The molecule has 0 saturated carbocycles. The molecule has 0 spiro atoms. The summed E-state index contributed by atoms with van der Waals surface area (Å²) in [6.45, 7) is 0. The van der Waals surface area contributed by atoms with Crippen molar-refractivity contribution in [1.29, 1.82) is 0 Å². The second-order valence-electron chi connectivity index (χ2n) is 5.39. The highest BCUT2D eigenvalue weighted by Crippen LogP contribution is 2.28. The first-order chi connectivity index (χ1) is 12.5. The van der Waals surface area contributed by atoms with Crippen molar-refractivity contribution in [2.24, 2.45) is 0 Å². The summed E-state index contributed by atoms with van der Waals surface area (Å²) in [5.41, 5.74) is 0.195. The fourth-order valence-corrected chi connectivity index (χ4v) is 3.46. The van der Waals surface area contributed by atoms with Crippen LogP contribution >= 0.6 is 22.9 Å². The predicted molar refractivity (Wildman–Crippen MR) is 98.1 cm³/mol. The maximum Gasteiger partial charge on any atom is 0.283 e. The summed E-state index contributed by atoms with van der Waals surface area (Å²) in [6.07, 6.45) is 0. The third-order valence-corrected chi connectivity index (χ3v) is 4.88. The zero-order valence-corrected chi connectivity index (χ0v) is 14.8. The summed E-state index contributed by atoms with van der Waals surface area (Å²) in [5.74, 6) is -1.01. The molecule has 0 saturated heterocycles. The molecule has 3 rings (SSSR count). The summed E-state index contributed by atoms with van der Waals surface area (Å²) in [7, 11) is 0. The first-order valence-electron chi connectivity index (χ1n) is 7.49. The number of carbonyl (C=O) groups excluding carboxylic acids is 1. The number of thiophene rings is 1. The monoisotopic (exact) mass is 390 g/mol. The summed E-state index contributed by atoms with van der Waals surface area (Å²) in [5, 5.41) is 16.0. The van der Waals surface area contributed by atoms with Crippen LogP contribution in [0.15, 0.2) is 60.0 Å². The lowest BCUT2D eigenvalue weighted by molar-refractivity contribution is -0.385. The van der Waals surface area contributed by atoms with Gasteiger partial charge in [0.15, 0.2) is 0 Å². The summed E-state index contributed by atoms with van der Waals surface area (Å²) in [6, 6.07) is 12.7. The molecule has 1 unspecified atom stereocenters. The molecule has 1 aromatic heterocycles. The van der Waals surface area contributed by atoms with Gasteiger partial charge in [0.2, 0.25) is 0 Å². The zero-order chi connectivity index (χ0) is 18.7. The number of benzene rings is 2. The Morgan fingerprint density at radius 3 is 2.54 bits per heavy atom. The van der Waals surface area contributed by atoms with Crippen molar-refractivity contribution >= 4 is 34.5 Å². The quantitative estimate of drug-likeness (QED) is 0.494. The zero-order valence-electron chi connectivity index (χ0n) is 13.2. The van der Waals surface area contributed by atoms with Gasteiger partial charge < -0.3 is 5.32 Å². The minimum atomic E-state index is -0.654. The molecule has 1 heterocycles. The van der Waals surface area contributed by atoms with Gasteiger partial charge in [0.1, 0.15) is 11.4 Å². The number of carbonyl (C=O) groups is 1. The second kappa shape index (κ2) is 7.63. The van der Waals surface area contributed by atoms with Crippen LogP contribution in [0.5, 0.6) is 0 Å². The van der Waals surface area contributed by atoms with Crippen LogP contribution in [0.2, 0.25) is 5.02 Å². The maximum atomic E-state index is 13.2. The van der Waals surface area contributed by atoms with Crippen LogP contribution in [-0.2, 0) is 0 Å². The third kappa shape index (κ3) is 3.89. The number of nitro groups is 1. The lowest BCUT2D eigenvalue weighted by Crippen LogP contribution is -2.29. The lowest BCUT2D eigenvalue weighted by Gasteiger charge is -2.18. The van der Waals surface area contributed by atoms with Crippen molar-refractivity contribution in [3.8, 4) is 0 Å². The average molecular weight is 391 g/mol. The summed E-state index contributed by atoms with van der Waals surface area (Å²) in [4.78, 5) is 24.1. The largest absolute Gasteiger partial charge is 0.340 e. The van der Waals surface area contributed by atoms with Crippen molar-refractivity contribution < 1.29 is 14.1 Å². The molecule has 0 aliphatic rings. The van der Waals surface area contributed by atoms with E-state index in [1.807, 2.05) is 17.5 Å². The molecule has 0 aliphatic heterocycles. The van der Waals surface area contributed by atoms with E-state index in [9.17, 15) is 19.3 Å². The number of amides is 1. The molecular weight excluding hydrogens is 379 g/mol. The highest BCUT2D eigenvalue weighted by molar-refractivity contribution is 7.10. The molecule has 0 aliphatic carbocycles. The number of nitro benzene ring substituents is 1. The van der Waals surface area contributed by atoms with E-state index >= 15 is 0 Å². The molecule has 8 heteroatoms. The smallest absolute Gasteiger partial charge is 0.283 e. The van der Waals surface area contributed by atoms with E-state index in [-0.39, 0.29) is 16.3 Å². The van der Waals surface area contributed by atoms with Crippen molar-refractivity contribution in [3.63, 3.8) is 0 Å². The number of hydrogen-bond donors (Lipinski definition) is 1. The van der Waals surface area contributed by atoms with Gasteiger partial charge in [-0.3, -0.25) is 14.9 Å². The van der Waals surface area contributed by atoms with Crippen LogP contribution in [-0.4, -0.2) is 10.8 Å². The van der Waals surface area contributed by atoms with Crippen LogP contribution in [0.25, 0.3) is 0 Å². The fourth-order valence-electron chi connectivity index (χ4n) is 2.49. The number of halogens is 2.